The number of nitrogens with zero attached hydrogens (tertiary/aromatic N) is 1. The molecular weight excluding hydrogens is 276 g/mol. The van der Waals surface area contributed by atoms with Gasteiger partial charge in [0.05, 0.1) is 23.6 Å². The summed E-state index contributed by atoms with van der Waals surface area (Å²) in [6.07, 6.45) is 1.70. The van der Waals surface area contributed by atoms with Gasteiger partial charge in [-0.2, -0.15) is 0 Å². The lowest BCUT2D eigenvalue weighted by Crippen LogP contribution is -2.35. The number of hydrogen-bond acceptors (Lipinski definition) is 4. The van der Waals surface area contributed by atoms with Crippen molar-refractivity contribution >= 4 is 28.8 Å². The van der Waals surface area contributed by atoms with Crippen LogP contribution < -0.4 is 4.74 Å². The number of ether oxygens (including phenoxy) is 1. The van der Waals surface area contributed by atoms with Crippen molar-refractivity contribution < 1.29 is 14.6 Å². The highest BCUT2D eigenvalue weighted by Gasteiger charge is 2.37. The smallest absolute Gasteiger partial charge is 0.307 e. The number of aliphatic carboxylic acids is 1. The predicted octanol–water partition coefficient (Wildman–Crippen LogP) is 2.92. The van der Waals surface area contributed by atoms with E-state index in [0.29, 0.717) is 6.61 Å². The van der Waals surface area contributed by atoms with Crippen molar-refractivity contribution in [3.8, 4) is 5.75 Å². The summed E-state index contributed by atoms with van der Waals surface area (Å²) in [5, 5.41) is 9.96. The van der Waals surface area contributed by atoms with Crippen LogP contribution in [0.1, 0.15) is 19.8 Å². The molecule has 1 aromatic carbocycles. The van der Waals surface area contributed by atoms with Gasteiger partial charge in [-0.25, -0.2) is 4.98 Å². The number of nitrogens with one attached hydrogen (secondary N) is 1. The van der Waals surface area contributed by atoms with E-state index in [1.807, 2.05) is 25.1 Å². The lowest BCUT2D eigenvalue weighted by atomic mass is 9.85. The fourth-order valence-corrected chi connectivity index (χ4v) is 3.59. The van der Waals surface area contributed by atoms with Gasteiger partial charge >= 0.3 is 5.97 Å². The number of aromatic amines is 1. The summed E-state index contributed by atoms with van der Waals surface area (Å²) in [5.74, 6) is -0.136. The first-order valence-corrected chi connectivity index (χ1v) is 7.57. The van der Waals surface area contributed by atoms with E-state index < -0.39 is 5.97 Å². The first-order chi connectivity index (χ1) is 9.67. The Labute approximate surface area is 120 Å². The molecule has 1 saturated carbocycles. The van der Waals surface area contributed by atoms with E-state index in [1.165, 1.54) is 11.8 Å². The van der Waals surface area contributed by atoms with Gasteiger partial charge in [-0.1, -0.05) is 11.8 Å². The maximum absolute atomic E-state index is 11.0. The van der Waals surface area contributed by atoms with Gasteiger partial charge in [0, 0.05) is 11.3 Å². The zero-order chi connectivity index (χ0) is 14.1. The number of benzene rings is 1. The first-order valence-electron chi connectivity index (χ1n) is 6.69. The molecule has 3 rings (SSSR count). The van der Waals surface area contributed by atoms with Gasteiger partial charge in [0.25, 0.3) is 0 Å². The van der Waals surface area contributed by atoms with Gasteiger partial charge in [0.15, 0.2) is 5.16 Å². The van der Waals surface area contributed by atoms with Gasteiger partial charge in [0.1, 0.15) is 5.75 Å². The molecule has 0 spiro atoms. The van der Waals surface area contributed by atoms with Gasteiger partial charge in [-0.15, -0.1) is 0 Å². The Hall–Kier alpha value is -1.69. The predicted molar refractivity (Wildman–Crippen MR) is 77.3 cm³/mol. The first kappa shape index (κ1) is 13.3. The van der Waals surface area contributed by atoms with Gasteiger partial charge < -0.3 is 14.8 Å². The van der Waals surface area contributed by atoms with Gasteiger partial charge in [-0.3, -0.25) is 4.79 Å². The van der Waals surface area contributed by atoms with Crippen molar-refractivity contribution in [3.05, 3.63) is 18.2 Å². The Morgan fingerprint density at radius 2 is 2.40 bits per heavy atom. The summed E-state index contributed by atoms with van der Waals surface area (Å²) >= 11 is 1.52. The molecule has 2 atom stereocenters. The molecule has 0 radical (unpaired) electrons. The molecule has 1 aliphatic carbocycles. The van der Waals surface area contributed by atoms with Crippen molar-refractivity contribution in [2.75, 3.05) is 6.61 Å². The Balaban J connectivity index is 1.77. The minimum Gasteiger partial charge on any atom is -0.494 e. The molecule has 0 saturated heterocycles. The van der Waals surface area contributed by atoms with E-state index >= 15 is 0 Å². The Kier molecular flexibility index (Phi) is 3.56. The molecule has 0 amide bonds. The van der Waals surface area contributed by atoms with E-state index in [4.69, 9.17) is 9.84 Å². The zero-order valence-corrected chi connectivity index (χ0v) is 11.9. The maximum Gasteiger partial charge on any atom is 0.307 e. The second-order valence-electron chi connectivity index (χ2n) is 4.83. The van der Waals surface area contributed by atoms with Crippen molar-refractivity contribution in [2.45, 2.75) is 30.2 Å². The normalized spacial score (nSPS) is 21.6. The van der Waals surface area contributed by atoms with Crippen LogP contribution in [-0.2, 0) is 4.79 Å². The molecule has 106 valence electrons. The second kappa shape index (κ2) is 5.36. The molecule has 6 heteroatoms. The quantitative estimate of drug-likeness (QED) is 0.886. The number of hydrogen-bond donors (Lipinski definition) is 2. The standard InChI is InChI=1S/C14H16N2O3S/c1-2-19-8-3-5-10-11(7-8)16-14(15-10)20-12-6-4-9(12)13(17)18/h3,5,7,9,12H,2,4,6H2,1H3,(H,15,16)(H,17,18). The molecular formula is C14H16N2O3S. The maximum atomic E-state index is 11.0. The van der Waals surface area contributed by atoms with E-state index in [-0.39, 0.29) is 11.2 Å². The fourth-order valence-electron chi connectivity index (χ4n) is 2.31. The molecule has 1 aliphatic rings. The lowest BCUT2D eigenvalue weighted by Gasteiger charge is -2.31. The van der Waals surface area contributed by atoms with Crippen LogP contribution in [0.3, 0.4) is 0 Å². The van der Waals surface area contributed by atoms with Crippen LogP contribution in [0.2, 0.25) is 0 Å². The van der Waals surface area contributed by atoms with Crippen LogP contribution in [0, 0.1) is 5.92 Å². The van der Waals surface area contributed by atoms with Crippen LogP contribution in [-0.4, -0.2) is 32.9 Å². The third kappa shape index (κ3) is 2.47. The molecule has 0 aliphatic heterocycles. The van der Waals surface area contributed by atoms with Crippen molar-refractivity contribution in [1.29, 1.82) is 0 Å². The number of imidazole rings is 1. The van der Waals surface area contributed by atoms with Crippen LogP contribution in [0.4, 0.5) is 0 Å². The van der Waals surface area contributed by atoms with Crippen molar-refractivity contribution in [2.24, 2.45) is 5.92 Å². The van der Waals surface area contributed by atoms with Crippen LogP contribution in [0.15, 0.2) is 23.4 Å². The molecule has 0 bridgehead atoms. The molecule has 20 heavy (non-hydrogen) atoms. The minimum atomic E-state index is -0.705. The second-order valence-corrected chi connectivity index (χ2v) is 6.06. The molecule has 2 unspecified atom stereocenters. The molecule has 2 N–H and O–H groups in total. The molecule has 5 nitrogen and oxygen atoms in total. The summed E-state index contributed by atoms with van der Waals surface area (Å²) in [4.78, 5) is 18.7. The zero-order valence-electron chi connectivity index (χ0n) is 11.1. The molecule has 1 heterocycles. The van der Waals surface area contributed by atoms with E-state index in [2.05, 4.69) is 9.97 Å². The molecule has 1 fully saturated rings. The Bertz CT molecular complexity index is 640. The monoisotopic (exact) mass is 292 g/mol. The number of carboxylic acids is 1. The van der Waals surface area contributed by atoms with Crippen molar-refractivity contribution in [3.63, 3.8) is 0 Å². The number of thioether (sulfide) groups is 1. The average Bonchev–Trinajstić information content (AvgIpc) is 2.76. The Morgan fingerprint density at radius 1 is 1.55 bits per heavy atom. The highest BCUT2D eigenvalue weighted by molar-refractivity contribution is 7.99. The fraction of sp³-hybridized carbons (Fsp3) is 0.429. The number of fused-ring (bicyclic) bond motifs is 1. The van der Waals surface area contributed by atoms with Gasteiger partial charge in [-0.05, 0) is 31.9 Å². The highest BCUT2D eigenvalue weighted by atomic mass is 32.2. The van der Waals surface area contributed by atoms with Crippen LogP contribution in [0.5, 0.6) is 5.75 Å². The highest BCUT2D eigenvalue weighted by Crippen LogP contribution is 2.41. The number of rotatable bonds is 5. The number of carbonyl (C=O) groups is 1. The van der Waals surface area contributed by atoms with E-state index in [1.54, 1.807) is 0 Å². The largest absolute Gasteiger partial charge is 0.494 e. The minimum absolute atomic E-state index is 0.124. The summed E-state index contributed by atoms with van der Waals surface area (Å²) in [6.45, 7) is 2.57. The molecule has 2 aromatic rings. The third-order valence-electron chi connectivity index (χ3n) is 3.53. The average molecular weight is 292 g/mol. The van der Waals surface area contributed by atoms with Crippen LogP contribution >= 0.6 is 11.8 Å². The Morgan fingerprint density at radius 3 is 3.05 bits per heavy atom. The van der Waals surface area contributed by atoms with Gasteiger partial charge in [0.2, 0.25) is 0 Å². The summed E-state index contributed by atoms with van der Waals surface area (Å²) in [5.41, 5.74) is 1.80. The van der Waals surface area contributed by atoms with E-state index in [9.17, 15) is 4.79 Å². The van der Waals surface area contributed by atoms with E-state index in [0.717, 1.165) is 34.8 Å². The molecule has 1 aromatic heterocycles. The van der Waals surface area contributed by atoms with Crippen molar-refractivity contribution in [1.82, 2.24) is 9.97 Å². The van der Waals surface area contributed by atoms with Crippen LogP contribution in [0.25, 0.3) is 11.0 Å². The topological polar surface area (TPSA) is 75.2 Å². The number of aromatic nitrogens is 2. The summed E-state index contributed by atoms with van der Waals surface area (Å²) in [7, 11) is 0. The number of carboxylic acid groups (broad SMARTS) is 1. The lowest BCUT2D eigenvalue weighted by molar-refractivity contribution is -0.144. The SMILES string of the molecule is CCOc1ccc2nc(SC3CCC3C(=O)O)[nH]c2c1. The summed E-state index contributed by atoms with van der Waals surface area (Å²) < 4.78 is 5.45. The third-order valence-corrected chi connectivity index (χ3v) is 4.82. The number of H-pyrrole nitrogens is 1. The summed E-state index contributed by atoms with van der Waals surface area (Å²) in [6, 6.07) is 5.73.